The molecule has 0 fully saturated rings. The average molecular weight is 221 g/mol. The Morgan fingerprint density at radius 1 is 1.64 bits per heavy atom. The summed E-state index contributed by atoms with van der Waals surface area (Å²) in [6.45, 7) is 1.54. The highest BCUT2D eigenvalue weighted by atomic mass is 35.5. The molecule has 0 unspecified atom stereocenters. The van der Waals surface area contributed by atoms with Crippen LogP contribution in [0.3, 0.4) is 0 Å². The highest BCUT2D eigenvalue weighted by molar-refractivity contribution is 6.31. The van der Waals surface area contributed by atoms with Crippen molar-refractivity contribution in [3.63, 3.8) is 0 Å². The maximum Gasteiger partial charge on any atom is 0.267 e. The van der Waals surface area contributed by atoms with Crippen molar-refractivity contribution < 1.29 is 13.6 Å². The van der Waals surface area contributed by atoms with Crippen LogP contribution in [0, 0.1) is 6.92 Å². The number of halogens is 3. The van der Waals surface area contributed by atoms with E-state index in [1.54, 1.807) is 0 Å². The van der Waals surface area contributed by atoms with Crippen molar-refractivity contribution in [3.8, 4) is 0 Å². The second-order valence-corrected chi connectivity index (χ2v) is 3.08. The summed E-state index contributed by atoms with van der Waals surface area (Å²) in [6, 6.07) is 1.26. The van der Waals surface area contributed by atoms with E-state index in [0.717, 1.165) is 0 Å². The maximum atomic E-state index is 12.4. The van der Waals surface area contributed by atoms with Crippen LogP contribution in [0.15, 0.2) is 6.07 Å². The van der Waals surface area contributed by atoms with Gasteiger partial charge in [0.25, 0.3) is 12.3 Å². The normalized spacial score (nSPS) is 10.6. The van der Waals surface area contributed by atoms with E-state index in [1.807, 2.05) is 0 Å². The Hall–Kier alpha value is -1.23. The molecule has 3 nitrogen and oxygen atoms in total. The number of hydrogen-bond acceptors (Lipinski definition) is 2. The van der Waals surface area contributed by atoms with Crippen LogP contribution in [0.25, 0.3) is 0 Å². The Labute approximate surface area is 83.9 Å². The zero-order valence-electron chi connectivity index (χ0n) is 7.22. The Balaban J connectivity index is 3.44. The minimum atomic E-state index is -2.86. The van der Waals surface area contributed by atoms with E-state index in [9.17, 15) is 13.6 Å². The number of hydrogen-bond donors (Lipinski definition) is 1. The predicted molar refractivity (Wildman–Crippen MR) is 47.5 cm³/mol. The number of nitrogens with two attached hydrogens (primary N) is 1. The van der Waals surface area contributed by atoms with Gasteiger partial charge in [-0.05, 0) is 13.0 Å². The van der Waals surface area contributed by atoms with Crippen LogP contribution in [-0.2, 0) is 0 Å². The van der Waals surface area contributed by atoms with Crippen LogP contribution >= 0.6 is 11.6 Å². The second-order valence-electron chi connectivity index (χ2n) is 2.67. The fourth-order valence-corrected chi connectivity index (χ4v) is 1.37. The van der Waals surface area contributed by atoms with Crippen LogP contribution in [0.4, 0.5) is 8.78 Å². The van der Waals surface area contributed by atoms with Crippen LogP contribution in [0.5, 0.6) is 0 Å². The lowest BCUT2D eigenvalue weighted by Gasteiger charge is -2.07. The highest BCUT2D eigenvalue weighted by Crippen LogP contribution is 2.29. The molecule has 1 aromatic heterocycles. The zero-order chi connectivity index (χ0) is 10.9. The third kappa shape index (κ3) is 1.98. The van der Waals surface area contributed by atoms with Crippen molar-refractivity contribution in [2.75, 3.05) is 0 Å². The molecule has 1 aromatic rings. The van der Waals surface area contributed by atoms with E-state index in [0.29, 0.717) is 5.69 Å². The number of aryl methyl sites for hydroxylation is 1. The first-order chi connectivity index (χ1) is 6.43. The van der Waals surface area contributed by atoms with Crippen molar-refractivity contribution in [3.05, 3.63) is 28.0 Å². The number of alkyl halides is 2. The first-order valence-corrected chi connectivity index (χ1v) is 4.06. The lowest BCUT2D eigenvalue weighted by atomic mass is 10.1. The smallest absolute Gasteiger partial charge is 0.267 e. The predicted octanol–water partition coefficient (Wildman–Crippen LogP) is 2.08. The SMILES string of the molecule is Cc1cc(Cl)c(C(F)F)c(C(N)=O)n1. The molecular weight excluding hydrogens is 214 g/mol. The summed E-state index contributed by atoms with van der Waals surface area (Å²) < 4.78 is 24.9. The van der Waals surface area contributed by atoms with Crippen molar-refractivity contribution in [2.45, 2.75) is 13.3 Å². The standard InChI is InChI=1S/C8H7ClF2N2O/c1-3-2-4(9)5(7(10)11)6(13-3)8(12)14/h2,7H,1H3,(H2,12,14). The van der Waals surface area contributed by atoms with Gasteiger partial charge in [-0.1, -0.05) is 11.6 Å². The molecule has 1 rings (SSSR count). The number of rotatable bonds is 2. The third-order valence-corrected chi connectivity index (χ3v) is 1.90. The molecular formula is C8H7ClF2N2O. The number of carbonyl (C=O) groups is 1. The van der Waals surface area contributed by atoms with Crippen molar-refractivity contribution in [1.29, 1.82) is 0 Å². The molecule has 0 spiro atoms. The second kappa shape index (κ2) is 3.88. The highest BCUT2D eigenvalue weighted by Gasteiger charge is 2.22. The van der Waals surface area contributed by atoms with Gasteiger partial charge in [0.05, 0.1) is 10.6 Å². The number of carbonyl (C=O) groups excluding carboxylic acids is 1. The lowest BCUT2D eigenvalue weighted by molar-refractivity contribution is 0.0980. The quantitative estimate of drug-likeness (QED) is 0.830. The van der Waals surface area contributed by atoms with Gasteiger partial charge in [0.15, 0.2) is 0 Å². The minimum Gasteiger partial charge on any atom is -0.364 e. The molecule has 0 saturated heterocycles. The summed E-state index contributed by atoms with van der Waals surface area (Å²) in [5.41, 5.74) is 4.19. The van der Waals surface area contributed by atoms with E-state index in [1.165, 1.54) is 13.0 Å². The molecule has 0 aromatic carbocycles. The third-order valence-electron chi connectivity index (χ3n) is 1.59. The Kier molecular flexibility index (Phi) is 3.00. The van der Waals surface area contributed by atoms with E-state index in [2.05, 4.69) is 4.98 Å². The maximum absolute atomic E-state index is 12.4. The van der Waals surface area contributed by atoms with Crippen LogP contribution in [0.1, 0.15) is 28.2 Å². The van der Waals surface area contributed by atoms with Crippen molar-refractivity contribution in [1.82, 2.24) is 4.98 Å². The lowest BCUT2D eigenvalue weighted by Crippen LogP contribution is -2.17. The summed E-state index contributed by atoms with van der Waals surface area (Å²) in [7, 11) is 0. The molecule has 0 saturated carbocycles. The number of nitrogens with zero attached hydrogens (tertiary/aromatic N) is 1. The van der Waals surface area contributed by atoms with E-state index in [-0.39, 0.29) is 5.02 Å². The molecule has 14 heavy (non-hydrogen) atoms. The van der Waals surface area contributed by atoms with E-state index >= 15 is 0 Å². The first kappa shape index (κ1) is 10.8. The molecule has 6 heteroatoms. The first-order valence-electron chi connectivity index (χ1n) is 3.68. The van der Waals surface area contributed by atoms with Gasteiger partial charge in [-0.15, -0.1) is 0 Å². The summed E-state index contributed by atoms with van der Waals surface area (Å²) in [6.07, 6.45) is -2.86. The fraction of sp³-hybridized carbons (Fsp3) is 0.250. The van der Waals surface area contributed by atoms with Gasteiger partial charge in [-0.3, -0.25) is 4.79 Å². The molecule has 0 aliphatic carbocycles. The van der Waals surface area contributed by atoms with Gasteiger partial charge in [0, 0.05) is 5.69 Å². The molecule has 1 amide bonds. The number of pyridine rings is 1. The molecule has 0 radical (unpaired) electrons. The van der Waals surface area contributed by atoms with Gasteiger partial charge in [-0.2, -0.15) is 0 Å². The molecule has 2 N–H and O–H groups in total. The van der Waals surface area contributed by atoms with Crippen molar-refractivity contribution in [2.24, 2.45) is 5.73 Å². The largest absolute Gasteiger partial charge is 0.364 e. The van der Waals surface area contributed by atoms with Gasteiger partial charge in [-0.25, -0.2) is 13.8 Å². The van der Waals surface area contributed by atoms with Gasteiger partial charge in [0.1, 0.15) is 5.69 Å². The van der Waals surface area contributed by atoms with Crippen LogP contribution in [0.2, 0.25) is 5.02 Å². The Morgan fingerprint density at radius 3 is 2.64 bits per heavy atom. The molecule has 1 heterocycles. The van der Waals surface area contributed by atoms with E-state index in [4.69, 9.17) is 17.3 Å². The van der Waals surface area contributed by atoms with Gasteiger partial charge in [0.2, 0.25) is 0 Å². The molecule has 0 atom stereocenters. The summed E-state index contributed by atoms with van der Waals surface area (Å²) >= 11 is 5.55. The number of amides is 1. The van der Waals surface area contributed by atoms with Gasteiger partial charge >= 0.3 is 0 Å². The number of aromatic nitrogens is 1. The summed E-state index contributed by atoms with van der Waals surface area (Å²) in [5.74, 6) is -1.01. The molecule has 0 aliphatic heterocycles. The molecule has 0 aliphatic rings. The monoisotopic (exact) mass is 220 g/mol. The zero-order valence-corrected chi connectivity index (χ0v) is 7.98. The van der Waals surface area contributed by atoms with Gasteiger partial charge < -0.3 is 5.73 Å². The summed E-state index contributed by atoms with van der Waals surface area (Å²) in [5, 5.41) is -0.193. The van der Waals surface area contributed by atoms with Crippen LogP contribution in [-0.4, -0.2) is 10.9 Å². The summed E-state index contributed by atoms with van der Waals surface area (Å²) in [4.78, 5) is 14.4. The fourth-order valence-electron chi connectivity index (χ4n) is 1.04. The minimum absolute atomic E-state index is 0.193. The average Bonchev–Trinajstić information content (AvgIpc) is 2.01. The Morgan fingerprint density at radius 2 is 2.21 bits per heavy atom. The van der Waals surface area contributed by atoms with Crippen molar-refractivity contribution >= 4 is 17.5 Å². The Bertz CT molecular complexity index is 382. The van der Waals surface area contributed by atoms with Crippen LogP contribution < -0.4 is 5.73 Å². The molecule has 0 bridgehead atoms. The number of primary amides is 1. The topological polar surface area (TPSA) is 56.0 Å². The molecule has 76 valence electrons. The van der Waals surface area contributed by atoms with E-state index < -0.39 is 23.6 Å².